The largest absolute Gasteiger partial charge is 0.482 e. The van der Waals surface area contributed by atoms with Crippen molar-refractivity contribution in [2.75, 3.05) is 31.8 Å². The lowest BCUT2D eigenvalue weighted by Gasteiger charge is -2.28. The highest BCUT2D eigenvalue weighted by molar-refractivity contribution is 7.98. The molecule has 7 nitrogen and oxygen atoms in total. The third-order valence-corrected chi connectivity index (χ3v) is 8.15. The minimum absolute atomic E-state index is 0.138. The van der Waals surface area contributed by atoms with Crippen LogP contribution < -0.4 is 4.74 Å². The fraction of sp³-hybridized carbons (Fsp3) is 0.259. The molecule has 0 N–H and O–H groups in total. The van der Waals surface area contributed by atoms with Crippen molar-refractivity contribution in [2.24, 2.45) is 4.99 Å². The van der Waals surface area contributed by atoms with E-state index in [-0.39, 0.29) is 11.5 Å². The van der Waals surface area contributed by atoms with E-state index in [4.69, 9.17) is 9.47 Å². The first-order chi connectivity index (χ1) is 17.5. The second kappa shape index (κ2) is 12.2. The number of nitrogens with zero attached hydrogens (tertiary/aromatic N) is 2. The number of fused-ring (bicyclic) bond motifs is 1. The Bertz CT molecular complexity index is 1310. The van der Waals surface area contributed by atoms with Gasteiger partial charge in [-0.2, -0.15) is 16.1 Å². The highest BCUT2D eigenvalue weighted by atomic mass is 32.2. The molecule has 0 saturated carbocycles. The maximum atomic E-state index is 13.1. The van der Waals surface area contributed by atoms with Gasteiger partial charge in [-0.05, 0) is 77.9 Å². The Morgan fingerprint density at radius 2 is 1.75 bits per heavy atom. The summed E-state index contributed by atoms with van der Waals surface area (Å²) in [6.07, 6.45) is 4.35. The van der Waals surface area contributed by atoms with Crippen molar-refractivity contribution >= 4 is 39.7 Å². The lowest BCUT2D eigenvalue weighted by molar-refractivity contribution is -0.145. The number of carbonyl (C=O) groups excluding carboxylic acids is 1. The number of aliphatic imine (C=N–C) groups is 1. The standard InChI is InChI=1S/C27H28N2O5S2/c1-35-17-16-33-27(30)20-34-25-10-6-21(7-11-25)18-28-24-8-12-26(13-9-24)36(31,32)29-15-14-22-4-2-3-5-23(22)19-29/h2-13,18H,14-17,19-20H2,1H3. The first-order valence-corrected chi connectivity index (χ1v) is 14.4. The normalized spacial score (nSPS) is 13.9. The molecule has 1 heterocycles. The second-order valence-corrected chi connectivity index (χ2v) is 11.1. The summed E-state index contributed by atoms with van der Waals surface area (Å²) in [6.45, 7) is 1.09. The Labute approximate surface area is 216 Å². The van der Waals surface area contributed by atoms with E-state index in [1.807, 2.05) is 36.6 Å². The van der Waals surface area contributed by atoms with Gasteiger partial charge >= 0.3 is 5.97 Å². The average molecular weight is 525 g/mol. The summed E-state index contributed by atoms with van der Waals surface area (Å²) >= 11 is 1.61. The van der Waals surface area contributed by atoms with Crippen LogP contribution in [0.15, 0.2) is 82.7 Å². The fourth-order valence-corrected chi connectivity index (χ4v) is 5.42. The van der Waals surface area contributed by atoms with Crippen LogP contribution in [0.4, 0.5) is 5.69 Å². The molecule has 4 rings (SSSR count). The highest BCUT2D eigenvalue weighted by Gasteiger charge is 2.28. The van der Waals surface area contributed by atoms with Crippen LogP contribution in [0.1, 0.15) is 16.7 Å². The van der Waals surface area contributed by atoms with E-state index in [1.54, 1.807) is 54.4 Å². The molecule has 188 valence electrons. The summed E-state index contributed by atoms with van der Waals surface area (Å²) < 4.78 is 38.3. The molecule has 0 fully saturated rings. The molecule has 0 saturated heterocycles. The Kier molecular flexibility index (Phi) is 8.79. The molecule has 3 aromatic carbocycles. The minimum Gasteiger partial charge on any atom is -0.482 e. The maximum Gasteiger partial charge on any atom is 0.344 e. The van der Waals surface area contributed by atoms with Crippen molar-refractivity contribution in [3.05, 3.63) is 89.5 Å². The zero-order chi connectivity index (χ0) is 25.4. The van der Waals surface area contributed by atoms with Gasteiger partial charge in [0.1, 0.15) is 12.4 Å². The van der Waals surface area contributed by atoms with Crippen LogP contribution in [0.5, 0.6) is 5.75 Å². The molecule has 0 spiro atoms. The van der Waals surface area contributed by atoms with Gasteiger partial charge in [0.05, 0.1) is 10.6 Å². The topological polar surface area (TPSA) is 85.3 Å². The molecule has 1 aliphatic rings. The molecule has 0 aliphatic carbocycles. The molecule has 0 bridgehead atoms. The number of hydrogen-bond acceptors (Lipinski definition) is 7. The van der Waals surface area contributed by atoms with E-state index in [9.17, 15) is 13.2 Å². The van der Waals surface area contributed by atoms with E-state index >= 15 is 0 Å². The Morgan fingerprint density at radius 3 is 2.47 bits per heavy atom. The SMILES string of the molecule is CSCCOC(=O)COc1ccc(C=Nc2ccc(S(=O)(=O)N3CCc4ccccc4C3)cc2)cc1. The summed E-state index contributed by atoms with van der Waals surface area (Å²) in [5.41, 5.74) is 3.74. The summed E-state index contributed by atoms with van der Waals surface area (Å²) in [6, 6.07) is 21.7. The summed E-state index contributed by atoms with van der Waals surface area (Å²) in [7, 11) is -3.58. The molecule has 9 heteroatoms. The van der Waals surface area contributed by atoms with Crippen LogP contribution in [0.3, 0.4) is 0 Å². The maximum absolute atomic E-state index is 13.1. The molecule has 1 aliphatic heterocycles. The molecule has 36 heavy (non-hydrogen) atoms. The summed E-state index contributed by atoms with van der Waals surface area (Å²) in [4.78, 5) is 16.3. The van der Waals surface area contributed by atoms with Gasteiger partial charge in [-0.15, -0.1) is 0 Å². The van der Waals surface area contributed by atoms with Gasteiger partial charge in [-0.3, -0.25) is 4.99 Å². The lowest BCUT2D eigenvalue weighted by atomic mass is 10.0. The number of rotatable bonds is 10. The molecule has 0 amide bonds. The first kappa shape index (κ1) is 25.9. The predicted octanol–water partition coefficient (Wildman–Crippen LogP) is 4.47. The van der Waals surface area contributed by atoms with E-state index in [0.29, 0.717) is 37.6 Å². The van der Waals surface area contributed by atoms with Gasteiger partial charge in [0.2, 0.25) is 10.0 Å². The zero-order valence-electron chi connectivity index (χ0n) is 20.0. The molecule has 0 aromatic heterocycles. The van der Waals surface area contributed by atoms with Crippen LogP contribution >= 0.6 is 11.8 Å². The Balaban J connectivity index is 1.32. The molecule has 3 aromatic rings. The average Bonchev–Trinajstić information content (AvgIpc) is 2.91. The molecule has 0 atom stereocenters. The summed E-state index contributed by atoms with van der Waals surface area (Å²) in [5, 5.41) is 0. The number of esters is 1. The highest BCUT2D eigenvalue weighted by Crippen LogP contribution is 2.26. The van der Waals surface area contributed by atoms with Crippen LogP contribution in [-0.4, -0.2) is 56.7 Å². The third-order valence-electron chi connectivity index (χ3n) is 5.72. The van der Waals surface area contributed by atoms with Gasteiger partial charge < -0.3 is 9.47 Å². The van der Waals surface area contributed by atoms with E-state index < -0.39 is 16.0 Å². The van der Waals surface area contributed by atoms with E-state index in [0.717, 1.165) is 16.9 Å². The molecular weight excluding hydrogens is 496 g/mol. The van der Waals surface area contributed by atoms with Crippen LogP contribution in [-0.2, 0) is 32.5 Å². The van der Waals surface area contributed by atoms with Crippen molar-refractivity contribution in [1.82, 2.24) is 4.31 Å². The monoisotopic (exact) mass is 524 g/mol. The number of thioether (sulfide) groups is 1. The van der Waals surface area contributed by atoms with Gasteiger partial charge in [-0.25, -0.2) is 13.2 Å². The fourth-order valence-electron chi connectivity index (χ4n) is 3.75. The van der Waals surface area contributed by atoms with Crippen LogP contribution in [0.2, 0.25) is 0 Å². The van der Waals surface area contributed by atoms with E-state index in [2.05, 4.69) is 11.1 Å². The number of carbonyl (C=O) groups is 1. The molecule has 0 unspecified atom stereocenters. The van der Waals surface area contributed by atoms with E-state index in [1.165, 1.54) is 9.87 Å². The number of benzene rings is 3. The third kappa shape index (κ3) is 6.75. The van der Waals surface area contributed by atoms with Gasteiger partial charge in [0.15, 0.2) is 6.61 Å². The van der Waals surface area contributed by atoms with Crippen molar-refractivity contribution in [3.8, 4) is 5.75 Å². The van der Waals surface area contributed by atoms with Crippen molar-refractivity contribution < 1.29 is 22.7 Å². The van der Waals surface area contributed by atoms with Crippen molar-refractivity contribution in [2.45, 2.75) is 17.9 Å². The van der Waals surface area contributed by atoms with Crippen LogP contribution in [0.25, 0.3) is 0 Å². The molecule has 0 radical (unpaired) electrons. The zero-order valence-corrected chi connectivity index (χ0v) is 21.6. The second-order valence-electron chi connectivity index (χ2n) is 8.18. The van der Waals surface area contributed by atoms with Crippen molar-refractivity contribution in [1.29, 1.82) is 0 Å². The van der Waals surface area contributed by atoms with Gasteiger partial charge in [0, 0.05) is 25.1 Å². The van der Waals surface area contributed by atoms with Crippen molar-refractivity contribution in [3.63, 3.8) is 0 Å². The number of sulfonamides is 1. The minimum atomic E-state index is -3.58. The first-order valence-electron chi connectivity index (χ1n) is 11.5. The van der Waals surface area contributed by atoms with Gasteiger partial charge in [0.25, 0.3) is 0 Å². The molecular formula is C27H28N2O5S2. The summed E-state index contributed by atoms with van der Waals surface area (Å²) in [5.74, 6) is 0.917. The number of hydrogen-bond donors (Lipinski definition) is 0. The quantitative estimate of drug-likeness (QED) is 0.221. The Morgan fingerprint density at radius 1 is 1.03 bits per heavy atom. The lowest BCUT2D eigenvalue weighted by Crippen LogP contribution is -2.35. The predicted molar refractivity (Wildman–Crippen MR) is 143 cm³/mol. The smallest absolute Gasteiger partial charge is 0.344 e. The number of ether oxygens (including phenoxy) is 2. The Hall–Kier alpha value is -3.14. The van der Waals surface area contributed by atoms with Crippen LogP contribution in [0, 0.1) is 0 Å². The van der Waals surface area contributed by atoms with Gasteiger partial charge in [-0.1, -0.05) is 24.3 Å².